The molecule has 0 bridgehead atoms. The van der Waals surface area contributed by atoms with Crippen LogP contribution in [0.15, 0.2) is 12.1 Å². The van der Waals surface area contributed by atoms with Gasteiger partial charge >= 0.3 is 0 Å². The first kappa shape index (κ1) is 12.4. The molecule has 0 aliphatic carbocycles. The molecule has 0 aromatic heterocycles. The highest BCUT2D eigenvalue weighted by Gasteiger charge is 2.19. The summed E-state index contributed by atoms with van der Waals surface area (Å²) < 4.78 is 5.60. The lowest BCUT2D eigenvalue weighted by Gasteiger charge is -2.20. The van der Waals surface area contributed by atoms with Gasteiger partial charge in [-0.25, -0.2) is 0 Å². The molecule has 0 amide bonds. The van der Waals surface area contributed by atoms with Gasteiger partial charge in [-0.3, -0.25) is 0 Å². The highest BCUT2D eigenvalue weighted by molar-refractivity contribution is 5.45. The topological polar surface area (TPSA) is 21.3 Å². The Labute approximate surface area is 104 Å². The van der Waals surface area contributed by atoms with Gasteiger partial charge in [-0.15, -0.1) is 0 Å². The van der Waals surface area contributed by atoms with Crippen molar-refractivity contribution in [3.8, 4) is 5.75 Å². The van der Waals surface area contributed by atoms with Gasteiger partial charge in [-0.2, -0.15) is 0 Å². The van der Waals surface area contributed by atoms with Gasteiger partial charge in [-0.05, 0) is 63.2 Å². The van der Waals surface area contributed by atoms with Crippen LogP contribution < -0.4 is 10.1 Å². The summed E-state index contributed by atoms with van der Waals surface area (Å²) in [5, 5.41) is 3.47. The fourth-order valence-electron chi connectivity index (χ4n) is 2.90. The van der Waals surface area contributed by atoms with Crippen LogP contribution in [0.4, 0.5) is 0 Å². The van der Waals surface area contributed by atoms with Crippen molar-refractivity contribution in [2.24, 2.45) is 0 Å². The maximum atomic E-state index is 5.60. The van der Waals surface area contributed by atoms with E-state index >= 15 is 0 Å². The molecular formula is C15H23NO. The largest absolute Gasteiger partial charge is 0.496 e. The highest BCUT2D eigenvalue weighted by Crippen LogP contribution is 2.36. The molecule has 1 atom stereocenters. The zero-order valence-corrected chi connectivity index (χ0v) is 11.2. The number of rotatable bonds is 2. The molecule has 1 aliphatic heterocycles. The van der Waals surface area contributed by atoms with Gasteiger partial charge in [0, 0.05) is 0 Å². The normalized spacial score (nSPS) is 21.0. The summed E-state index contributed by atoms with van der Waals surface area (Å²) in [4.78, 5) is 0. The Morgan fingerprint density at radius 2 is 2.00 bits per heavy atom. The Hall–Kier alpha value is -1.02. The van der Waals surface area contributed by atoms with Crippen molar-refractivity contribution >= 4 is 0 Å². The van der Waals surface area contributed by atoms with E-state index in [9.17, 15) is 0 Å². The molecule has 2 heteroatoms. The molecule has 17 heavy (non-hydrogen) atoms. The van der Waals surface area contributed by atoms with Gasteiger partial charge < -0.3 is 10.1 Å². The number of nitrogens with one attached hydrogen (secondary N) is 1. The predicted octanol–water partition coefficient (Wildman–Crippen LogP) is 3.17. The van der Waals surface area contributed by atoms with Crippen molar-refractivity contribution in [3.05, 3.63) is 28.8 Å². The summed E-state index contributed by atoms with van der Waals surface area (Å²) in [6.07, 6.45) is 3.76. The van der Waals surface area contributed by atoms with Crippen LogP contribution in [0.2, 0.25) is 0 Å². The van der Waals surface area contributed by atoms with Gasteiger partial charge in [0.05, 0.1) is 7.11 Å². The molecule has 0 radical (unpaired) electrons. The van der Waals surface area contributed by atoms with Crippen LogP contribution in [0.1, 0.15) is 41.9 Å². The van der Waals surface area contributed by atoms with Gasteiger partial charge in [0.2, 0.25) is 0 Å². The van der Waals surface area contributed by atoms with Crippen molar-refractivity contribution in [3.63, 3.8) is 0 Å². The van der Waals surface area contributed by atoms with E-state index in [0.717, 1.165) is 18.8 Å². The molecule has 0 spiro atoms. The van der Waals surface area contributed by atoms with Gasteiger partial charge in [0.1, 0.15) is 5.75 Å². The highest BCUT2D eigenvalue weighted by atomic mass is 16.5. The van der Waals surface area contributed by atoms with E-state index in [2.05, 4.69) is 31.3 Å². The van der Waals surface area contributed by atoms with E-state index in [-0.39, 0.29) is 0 Å². The van der Waals surface area contributed by atoms with Crippen LogP contribution in [0.5, 0.6) is 5.75 Å². The third-order valence-electron chi connectivity index (χ3n) is 3.67. The Kier molecular flexibility index (Phi) is 4.06. The first-order chi connectivity index (χ1) is 8.22. The van der Waals surface area contributed by atoms with E-state index in [1.54, 1.807) is 7.11 Å². The maximum Gasteiger partial charge on any atom is 0.125 e. The summed E-state index contributed by atoms with van der Waals surface area (Å²) in [5.74, 6) is 1.75. The summed E-state index contributed by atoms with van der Waals surface area (Å²) in [6.45, 7) is 6.60. The Balaban J connectivity index is 2.34. The predicted molar refractivity (Wildman–Crippen MR) is 71.9 cm³/mol. The molecular weight excluding hydrogens is 210 g/mol. The van der Waals surface area contributed by atoms with E-state index in [4.69, 9.17) is 4.74 Å². The molecule has 2 nitrogen and oxygen atoms in total. The third kappa shape index (κ3) is 2.81. The van der Waals surface area contributed by atoms with Crippen molar-refractivity contribution in [2.75, 3.05) is 20.2 Å². The van der Waals surface area contributed by atoms with Gasteiger partial charge in [0.25, 0.3) is 0 Å². The van der Waals surface area contributed by atoms with Crippen LogP contribution in [0.3, 0.4) is 0 Å². The minimum absolute atomic E-state index is 0.651. The van der Waals surface area contributed by atoms with Crippen LogP contribution in [0, 0.1) is 13.8 Å². The number of hydrogen-bond donors (Lipinski definition) is 1. The number of benzene rings is 1. The first-order valence-electron chi connectivity index (χ1n) is 6.58. The summed E-state index contributed by atoms with van der Waals surface area (Å²) >= 11 is 0. The van der Waals surface area contributed by atoms with Crippen LogP contribution in [-0.4, -0.2) is 20.2 Å². The second kappa shape index (κ2) is 5.54. The lowest BCUT2D eigenvalue weighted by molar-refractivity contribution is 0.399. The molecule has 1 fully saturated rings. The molecule has 1 saturated heterocycles. The van der Waals surface area contributed by atoms with Crippen molar-refractivity contribution in [1.29, 1.82) is 0 Å². The van der Waals surface area contributed by atoms with Crippen molar-refractivity contribution in [2.45, 2.75) is 39.0 Å². The fourth-order valence-corrected chi connectivity index (χ4v) is 2.90. The summed E-state index contributed by atoms with van der Waals surface area (Å²) in [7, 11) is 1.79. The lowest BCUT2D eigenvalue weighted by atomic mass is 9.89. The van der Waals surface area contributed by atoms with Gasteiger partial charge in [-0.1, -0.05) is 17.7 Å². The molecule has 94 valence electrons. The molecule has 1 aromatic carbocycles. The lowest BCUT2D eigenvalue weighted by Crippen LogP contribution is -2.14. The number of methoxy groups -OCH3 is 1. The van der Waals surface area contributed by atoms with Crippen LogP contribution in [0.25, 0.3) is 0 Å². The van der Waals surface area contributed by atoms with Crippen LogP contribution in [-0.2, 0) is 0 Å². The fraction of sp³-hybridized carbons (Fsp3) is 0.600. The Bertz CT molecular complexity index is 379. The molecule has 1 N–H and O–H groups in total. The monoisotopic (exact) mass is 233 g/mol. The molecule has 1 aliphatic rings. The number of hydrogen-bond acceptors (Lipinski definition) is 2. The zero-order valence-electron chi connectivity index (χ0n) is 11.2. The average Bonchev–Trinajstić information content (AvgIpc) is 2.56. The van der Waals surface area contributed by atoms with Gasteiger partial charge in [0.15, 0.2) is 0 Å². The first-order valence-corrected chi connectivity index (χ1v) is 6.58. The van der Waals surface area contributed by atoms with E-state index in [1.165, 1.54) is 36.0 Å². The van der Waals surface area contributed by atoms with Crippen LogP contribution >= 0.6 is 0 Å². The number of aryl methyl sites for hydroxylation is 2. The van der Waals surface area contributed by atoms with E-state index < -0.39 is 0 Å². The Morgan fingerprint density at radius 1 is 1.18 bits per heavy atom. The average molecular weight is 233 g/mol. The van der Waals surface area contributed by atoms with E-state index in [0.29, 0.717) is 5.92 Å². The molecule has 1 unspecified atom stereocenters. The third-order valence-corrected chi connectivity index (χ3v) is 3.67. The quantitative estimate of drug-likeness (QED) is 0.847. The summed E-state index contributed by atoms with van der Waals surface area (Å²) in [5.41, 5.74) is 4.02. The number of ether oxygens (including phenoxy) is 1. The SMILES string of the molecule is COc1c(C)cc(C)cc1C1CCCNCC1. The van der Waals surface area contributed by atoms with Crippen molar-refractivity contribution in [1.82, 2.24) is 5.32 Å². The molecule has 0 saturated carbocycles. The zero-order chi connectivity index (χ0) is 12.3. The maximum absolute atomic E-state index is 5.60. The second-order valence-electron chi connectivity index (χ2n) is 5.08. The summed E-state index contributed by atoms with van der Waals surface area (Å²) in [6, 6.07) is 4.51. The minimum atomic E-state index is 0.651. The molecule has 1 aromatic rings. The van der Waals surface area contributed by atoms with E-state index in [1.807, 2.05) is 0 Å². The van der Waals surface area contributed by atoms with Crippen molar-refractivity contribution < 1.29 is 4.74 Å². The minimum Gasteiger partial charge on any atom is -0.496 e. The smallest absolute Gasteiger partial charge is 0.125 e. The second-order valence-corrected chi connectivity index (χ2v) is 5.08. The standard InChI is InChI=1S/C15H23NO/c1-11-9-12(2)15(17-3)14(10-11)13-5-4-7-16-8-6-13/h9-10,13,16H,4-8H2,1-3H3. The molecule has 2 rings (SSSR count). The molecule has 1 heterocycles. The Morgan fingerprint density at radius 3 is 2.76 bits per heavy atom.